The Morgan fingerprint density at radius 1 is 0.911 bits per heavy atom. The summed E-state index contributed by atoms with van der Waals surface area (Å²) in [5.41, 5.74) is 0.266. The lowest BCUT2D eigenvalue weighted by Gasteiger charge is -2.26. The van der Waals surface area contributed by atoms with Crippen molar-refractivity contribution in [2.45, 2.75) is 54.2 Å². The van der Waals surface area contributed by atoms with Crippen LogP contribution in [0.2, 0.25) is 0 Å². The zero-order valence-electron chi connectivity index (χ0n) is 23.0. The highest BCUT2D eigenvalue weighted by Crippen LogP contribution is 2.55. The molecule has 0 spiro atoms. The van der Waals surface area contributed by atoms with Crippen LogP contribution in [-0.2, 0) is 32.0 Å². The Morgan fingerprint density at radius 3 is 2.38 bits per heavy atom. The molecular formula is C22H26N8O12P2S. The van der Waals surface area contributed by atoms with Crippen LogP contribution in [0.15, 0.2) is 35.1 Å². The van der Waals surface area contributed by atoms with Gasteiger partial charge in [0.1, 0.15) is 41.3 Å². The molecule has 5 N–H and O–H groups in total. The standard InChI is InChI=1S/C22H26N8O12P2S/c1-45-21-13-19(24-6-26-21)30(8-28-13)22-15(32)17-11(40-22)4-39-44(36,37)41-16-10(2-9(14(16)31)3-38-43(34,35)42-17)29-7-27-12-18(29)23-5-25-20(12)33/h5-11,14-17,22,31-32H,2-4H2,1H3,(H,34,35)(H,36,37)(H,23,25,33)/t9?,10-,11?,14?,15?,16?,17?,22-/m1/s1. The van der Waals surface area contributed by atoms with E-state index in [1.54, 1.807) is 6.26 Å². The van der Waals surface area contributed by atoms with E-state index in [0.29, 0.717) is 10.5 Å². The van der Waals surface area contributed by atoms with Gasteiger partial charge in [-0.15, -0.1) is 11.8 Å². The lowest BCUT2D eigenvalue weighted by atomic mass is 10.1. The minimum Gasteiger partial charge on any atom is -0.390 e. The van der Waals surface area contributed by atoms with E-state index in [2.05, 4.69) is 29.9 Å². The van der Waals surface area contributed by atoms with Crippen LogP contribution in [0.4, 0.5) is 0 Å². The number of aliphatic hydroxyl groups is 2. The van der Waals surface area contributed by atoms with Crippen molar-refractivity contribution < 1.29 is 52.0 Å². The zero-order valence-corrected chi connectivity index (χ0v) is 25.6. The van der Waals surface area contributed by atoms with Crippen molar-refractivity contribution in [1.29, 1.82) is 0 Å². The van der Waals surface area contributed by atoms with Crippen molar-refractivity contribution in [3.05, 3.63) is 35.7 Å². The number of nitrogens with zero attached hydrogens (tertiary/aromatic N) is 7. The normalized spacial score (nSPS) is 37.7. The minimum atomic E-state index is -4.99. The maximum Gasteiger partial charge on any atom is 0.472 e. The van der Waals surface area contributed by atoms with Gasteiger partial charge in [-0.1, -0.05) is 0 Å². The van der Waals surface area contributed by atoms with Crippen LogP contribution in [0.1, 0.15) is 18.7 Å². The second kappa shape index (κ2) is 11.5. The number of thioether (sulfide) groups is 1. The second-order valence-corrected chi connectivity index (χ2v) is 14.1. The fraction of sp³-hybridized carbons (Fsp3) is 0.545. The van der Waals surface area contributed by atoms with E-state index >= 15 is 0 Å². The topological polar surface area (TPSA) is 268 Å². The molecule has 242 valence electrons. The van der Waals surface area contributed by atoms with E-state index in [0.717, 1.165) is 6.33 Å². The fourth-order valence-electron chi connectivity index (χ4n) is 5.86. The number of hydrogen-bond acceptors (Lipinski definition) is 16. The number of phosphoric ester groups is 2. The maximum absolute atomic E-state index is 13.3. The molecule has 45 heavy (non-hydrogen) atoms. The van der Waals surface area contributed by atoms with Crippen molar-refractivity contribution in [2.24, 2.45) is 5.92 Å². The van der Waals surface area contributed by atoms with Gasteiger partial charge >= 0.3 is 15.6 Å². The van der Waals surface area contributed by atoms with E-state index in [9.17, 15) is 33.9 Å². The van der Waals surface area contributed by atoms with Gasteiger partial charge in [0.25, 0.3) is 5.56 Å². The molecule has 4 aromatic rings. The van der Waals surface area contributed by atoms with Gasteiger partial charge < -0.3 is 34.3 Å². The van der Waals surface area contributed by atoms with Gasteiger partial charge in [-0.25, -0.2) is 34.0 Å². The predicted molar refractivity (Wildman–Crippen MR) is 150 cm³/mol. The van der Waals surface area contributed by atoms with Crippen LogP contribution in [0.3, 0.4) is 0 Å². The highest BCUT2D eigenvalue weighted by Gasteiger charge is 2.53. The first-order chi connectivity index (χ1) is 21.5. The highest BCUT2D eigenvalue weighted by molar-refractivity contribution is 7.98. The number of fused-ring (bicyclic) bond motifs is 5. The van der Waals surface area contributed by atoms with Gasteiger partial charge in [-0.2, -0.15) is 0 Å². The van der Waals surface area contributed by atoms with Crippen molar-refractivity contribution >= 4 is 49.7 Å². The zero-order chi connectivity index (χ0) is 31.7. The number of imidazole rings is 2. The molecule has 8 unspecified atom stereocenters. The number of nitrogens with one attached hydrogen (secondary N) is 1. The first-order valence-electron chi connectivity index (χ1n) is 13.4. The fourth-order valence-corrected chi connectivity index (χ4v) is 8.33. The molecule has 2 saturated heterocycles. The van der Waals surface area contributed by atoms with Crippen LogP contribution in [0.5, 0.6) is 0 Å². The summed E-state index contributed by atoms with van der Waals surface area (Å²) in [6, 6.07) is -0.928. The molecule has 1 saturated carbocycles. The number of phosphoric acid groups is 2. The Labute approximate surface area is 255 Å². The number of aliphatic hydroxyl groups excluding tert-OH is 2. The number of hydrogen-bond donors (Lipinski definition) is 5. The molecule has 7 rings (SSSR count). The Bertz CT molecular complexity index is 1910. The predicted octanol–water partition coefficient (Wildman–Crippen LogP) is -0.120. The average molecular weight is 689 g/mol. The molecule has 0 aromatic carbocycles. The number of aromatic nitrogens is 8. The molecule has 2 aliphatic heterocycles. The van der Waals surface area contributed by atoms with Gasteiger partial charge in [0.2, 0.25) is 0 Å². The maximum atomic E-state index is 13.3. The SMILES string of the molecule is CSc1ncnc2c1ncn2[C@@H]1OC2COP(=O)(O)OC3C(O)C(COP(=O)(O)OC2C1O)C[C@H]3n1cnc2c(=O)[nH]cnc21. The Hall–Kier alpha value is -2.65. The van der Waals surface area contributed by atoms with Crippen molar-refractivity contribution in [2.75, 3.05) is 19.5 Å². The number of ether oxygens (including phenoxy) is 1. The van der Waals surface area contributed by atoms with Gasteiger partial charge in [0.15, 0.2) is 23.0 Å². The van der Waals surface area contributed by atoms with Crippen LogP contribution < -0.4 is 5.56 Å². The van der Waals surface area contributed by atoms with Crippen LogP contribution in [0.25, 0.3) is 22.3 Å². The number of rotatable bonds is 3. The van der Waals surface area contributed by atoms with E-state index in [1.807, 2.05) is 0 Å². The van der Waals surface area contributed by atoms with Gasteiger partial charge in [0.05, 0.1) is 44.3 Å². The monoisotopic (exact) mass is 688 g/mol. The molecule has 6 heterocycles. The molecule has 4 aromatic heterocycles. The number of H-pyrrole nitrogens is 1. The highest BCUT2D eigenvalue weighted by atomic mass is 32.2. The Balaban J connectivity index is 1.20. The molecule has 0 amide bonds. The largest absolute Gasteiger partial charge is 0.472 e. The second-order valence-electron chi connectivity index (χ2n) is 10.5. The summed E-state index contributed by atoms with van der Waals surface area (Å²) in [5.74, 6) is -0.930. The third-order valence-corrected chi connectivity index (χ3v) is 10.6. The average Bonchev–Trinajstić information content (AvgIpc) is 3.76. The first kappa shape index (κ1) is 31.0. The Kier molecular flexibility index (Phi) is 7.95. The molecule has 23 heteroatoms. The third-order valence-electron chi connectivity index (χ3n) is 7.93. The summed E-state index contributed by atoms with van der Waals surface area (Å²) < 4.78 is 56.4. The molecule has 1 aliphatic carbocycles. The molecule has 3 fully saturated rings. The van der Waals surface area contributed by atoms with E-state index in [-0.39, 0.29) is 23.2 Å². The van der Waals surface area contributed by atoms with Gasteiger partial charge in [0, 0.05) is 5.92 Å². The lowest BCUT2D eigenvalue weighted by Crippen LogP contribution is -2.36. The lowest BCUT2D eigenvalue weighted by molar-refractivity contribution is -0.0553. The summed E-state index contributed by atoms with van der Waals surface area (Å²) in [6.07, 6.45) is -2.02. The van der Waals surface area contributed by atoms with Crippen LogP contribution >= 0.6 is 27.4 Å². The summed E-state index contributed by atoms with van der Waals surface area (Å²) in [7, 11) is -9.94. The summed E-state index contributed by atoms with van der Waals surface area (Å²) in [4.78, 5) is 56.8. The van der Waals surface area contributed by atoms with Crippen LogP contribution in [0, 0.1) is 5.92 Å². The van der Waals surface area contributed by atoms with Crippen molar-refractivity contribution in [3.8, 4) is 0 Å². The summed E-state index contributed by atoms with van der Waals surface area (Å²) in [6.45, 7) is -1.31. The summed E-state index contributed by atoms with van der Waals surface area (Å²) in [5, 5.41) is 22.9. The minimum absolute atomic E-state index is 0.0147. The molecule has 2 bridgehead atoms. The quantitative estimate of drug-likeness (QED) is 0.107. The number of aromatic amines is 1. The van der Waals surface area contributed by atoms with Crippen molar-refractivity contribution in [3.63, 3.8) is 0 Å². The van der Waals surface area contributed by atoms with Gasteiger partial charge in [-0.05, 0) is 12.7 Å². The van der Waals surface area contributed by atoms with Crippen molar-refractivity contribution in [1.82, 2.24) is 39.0 Å². The Morgan fingerprint density at radius 2 is 1.60 bits per heavy atom. The van der Waals surface area contributed by atoms with E-state index in [1.165, 1.54) is 39.9 Å². The molecule has 0 radical (unpaired) electrons. The van der Waals surface area contributed by atoms with Gasteiger partial charge in [-0.3, -0.25) is 27.5 Å². The van der Waals surface area contributed by atoms with Crippen LogP contribution in [-0.4, -0.2) is 109 Å². The third kappa shape index (κ3) is 5.56. The molecular weight excluding hydrogens is 662 g/mol. The molecule has 3 aliphatic rings. The van der Waals surface area contributed by atoms with E-state index < -0.39 is 83.1 Å². The summed E-state index contributed by atoms with van der Waals surface area (Å²) >= 11 is 1.32. The van der Waals surface area contributed by atoms with E-state index in [4.69, 9.17) is 22.8 Å². The smallest absolute Gasteiger partial charge is 0.390 e. The molecule has 10 atom stereocenters. The molecule has 20 nitrogen and oxygen atoms in total. The first-order valence-corrected chi connectivity index (χ1v) is 17.6.